The Labute approximate surface area is 138 Å². The van der Waals surface area contributed by atoms with E-state index < -0.39 is 4.92 Å². The number of nitrogens with zero attached hydrogens (tertiary/aromatic N) is 1. The molecule has 0 radical (unpaired) electrons. The molecule has 7 nitrogen and oxygen atoms in total. The maximum absolute atomic E-state index is 11.0. The van der Waals surface area contributed by atoms with Crippen molar-refractivity contribution in [3.63, 3.8) is 0 Å². The highest BCUT2D eigenvalue weighted by Gasteiger charge is 2.14. The average Bonchev–Trinajstić information content (AvgIpc) is 2.55. The van der Waals surface area contributed by atoms with Crippen LogP contribution in [0.3, 0.4) is 0 Å². The third kappa shape index (κ3) is 4.07. The minimum absolute atomic E-state index is 0.0571. The molecule has 0 aromatic heterocycles. The Morgan fingerprint density at radius 2 is 1.78 bits per heavy atom. The molecule has 0 bridgehead atoms. The van der Waals surface area contributed by atoms with Crippen LogP contribution in [-0.2, 0) is 0 Å². The molecule has 0 aliphatic heterocycles. The summed E-state index contributed by atoms with van der Waals surface area (Å²) >= 11 is 5.20. The predicted octanol–water partition coefficient (Wildman–Crippen LogP) is 3.42. The van der Waals surface area contributed by atoms with Gasteiger partial charge in [-0.2, -0.15) is 0 Å². The van der Waals surface area contributed by atoms with E-state index in [-0.39, 0.29) is 10.8 Å². The van der Waals surface area contributed by atoms with Crippen LogP contribution in [0.4, 0.5) is 17.1 Å². The molecule has 2 aromatic carbocycles. The molecule has 0 heterocycles. The van der Waals surface area contributed by atoms with Gasteiger partial charge in [0.2, 0.25) is 0 Å². The van der Waals surface area contributed by atoms with Gasteiger partial charge in [0, 0.05) is 12.1 Å². The number of rotatable bonds is 5. The van der Waals surface area contributed by atoms with Gasteiger partial charge in [0.25, 0.3) is 5.69 Å². The lowest BCUT2D eigenvalue weighted by molar-refractivity contribution is -0.383. The van der Waals surface area contributed by atoms with Crippen LogP contribution in [-0.4, -0.2) is 24.3 Å². The molecule has 8 heteroatoms. The summed E-state index contributed by atoms with van der Waals surface area (Å²) in [5.74, 6) is 1.18. The zero-order valence-electron chi connectivity index (χ0n) is 12.5. The molecule has 2 rings (SSSR count). The van der Waals surface area contributed by atoms with Crippen molar-refractivity contribution in [2.24, 2.45) is 0 Å². The lowest BCUT2D eigenvalue weighted by atomic mass is 10.2. The Balaban J connectivity index is 2.16. The summed E-state index contributed by atoms with van der Waals surface area (Å²) in [5.41, 5.74) is 0.866. The fourth-order valence-electron chi connectivity index (χ4n) is 1.92. The topological polar surface area (TPSA) is 85.7 Å². The highest BCUT2D eigenvalue weighted by molar-refractivity contribution is 7.80. The van der Waals surface area contributed by atoms with Gasteiger partial charge in [-0.25, -0.2) is 0 Å². The first-order valence-corrected chi connectivity index (χ1v) is 6.99. The van der Waals surface area contributed by atoms with Crippen LogP contribution < -0.4 is 20.1 Å². The van der Waals surface area contributed by atoms with Crippen LogP contribution in [0.25, 0.3) is 0 Å². The van der Waals surface area contributed by atoms with Gasteiger partial charge in [-0.3, -0.25) is 10.1 Å². The number of benzene rings is 2. The highest BCUT2D eigenvalue weighted by atomic mass is 32.1. The van der Waals surface area contributed by atoms with E-state index in [1.165, 1.54) is 13.2 Å². The molecule has 0 aliphatic carbocycles. The number of anilines is 2. The molecule has 0 unspecified atom stereocenters. The fourth-order valence-corrected chi connectivity index (χ4v) is 2.14. The molecule has 0 spiro atoms. The Morgan fingerprint density at radius 1 is 1.09 bits per heavy atom. The summed E-state index contributed by atoms with van der Waals surface area (Å²) in [5, 5.41) is 17.0. The van der Waals surface area contributed by atoms with Crippen LogP contribution in [0.5, 0.6) is 11.5 Å². The first kappa shape index (κ1) is 16.5. The Morgan fingerprint density at radius 3 is 2.43 bits per heavy atom. The third-order valence-corrected chi connectivity index (χ3v) is 3.21. The van der Waals surface area contributed by atoms with Crippen LogP contribution in [0.15, 0.2) is 42.5 Å². The monoisotopic (exact) mass is 333 g/mol. The van der Waals surface area contributed by atoms with Gasteiger partial charge in [0.1, 0.15) is 17.2 Å². The minimum Gasteiger partial charge on any atom is -0.497 e. The molecule has 0 saturated heterocycles. The standard InChI is InChI=1S/C15H15N3O4S/c1-21-10-7-8-12(14(9-10)22-2)17-15(23)16-11-5-3-4-6-13(11)18(19)20/h3-9H,1-2H3,(H2,16,17,23). The quantitative estimate of drug-likeness (QED) is 0.492. The van der Waals surface area contributed by atoms with Crippen LogP contribution in [0, 0.1) is 10.1 Å². The number of ether oxygens (including phenoxy) is 2. The van der Waals surface area contributed by atoms with Gasteiger partial charge < -0.3 is 20.1 Å². The van der Waals surface area contributed by atoms with Crippen molar-refractivity contribution in [3.05, 3.63) is 52.6 Å². The summed E-state index contributed by atoms with van der Waals surface area (Å²) in [6.07, 6.45) is 0. The smallest absolute Gasteiger partial charge is 0.292 e. The second-order valence-corrected chi connectivity index (χ2v) is 4.83. The van der Waals surface area contributed by atoms with Crippen molar-refractivity contribution in [3.8, 4) is 11.5 Å². The van der Waals surface area contributed by atoms with Gasteiger partial charge in [-0.15, -0.1) is 0 Å². The molecular formula is C15H15N3O4S. The number of nitro groups is 1. The van der Waals surface area contributed by atoms with Gasteiger partial charge in [0.15, 0.2) is 5.11 Å². The van der Waals surface area contributed by atoms with Crippen LogP contribution >= 0.6 is 12.2 Å². The highest BCUT2D eigenvalue weighted by Crippen LogP contribution is 2.29. The van der Waals surface area contributed by atoms with E-state index in [0.29, 0.717) is 22.9 Å². The van der Waals surface area contributed by atoms with E-state index in [2.05, 4.69) is 10.6 Å². The second kappa shape index (κ2) is 7.41. The number of nitro benzene ring substituents is 1. The van der Waals surface area contributed by atoms with Crippen molar-refractivity contribution >= 4 is 34.4 Å². The van der Waals surface area contributed by atoms with E-state index in [1.54, 1.807) is 43.5 Å². The molecule has 120 valence electrons. The van der Waals surface area contributed by atoms with E-state index in [9.17, 15) is 10.1 Å². The van der Waals surface area contributed by atoms with E-state index in [1.807, 2.05) is 0 Å². The lowest BCUT2D eigenvalue weighted by Gasteiger charge is -2.14. The normalized spacial score (nSPS) is 9.83. The lowest BCUT2D eigenvalue weighted by Crippen LogP contribution is -2.20. The van der Waals surface area contributed by atoms with Crippen molar-refractivity contribution in [2.75, 3.05) is 24.9 Å². The van der Waals surface area contributed by atoms with Crippen molar-refractivity contribution in [1.82, 2.24) is 0 Å². The number of hydrogen-bond donors (Lipinski definition) is 2. The van der Waals surface area contributed by atoms with Crippen molar-refractivity contribution in [1.29, 1.82) is 0 Å². The molecule has 0 aliphatic rings. The second-order valence-electron chi connectivity index (χ2n) is 4.42. The summed E-state index contributed by atoms with van der Waals surface area (Å²) in [4.78, 5) is 10.5. The molecule has 2 N–H and O–H groups in total. The summed E-state index contributed by atoms with van der Waals surface area (Å²) in [6, 6.07) is 11.5. The Bertz CT molecular complexity index is 736. The van der Waals surface area contributed by atoms with E-state index >= 15 is 0 Å². The first-order valence-electron chi connectivity index (χ1n) is 6.58. The van der Waals surface area contributed by atoms with Crippen LogP contribution in [0.2, 0.25) is 0 Å². The zero-order valence-corrected chi connectivity index (χ0v) is 13.3. The number of nitrogens with one attached hydrogen (secondary N) is 2. The largest absolute Gasteiger partial charge is 0.497 e. The van der Waals surface area contributed by atoms with Gasteiger partial charge in [-0.1, -0.05) is 12.1 Å². The SMILES string of the molecule is COc1ccc(NC(=S)Nc2ccccc2[N+](=O)[O-])c(OC)c1. The van der Waals surface area contributed by atoms with Crippen LogP contribution in [0.1, 0.15) is 0 Å². The summed E-state index contributed by atoms with van der Waals surface area (Å²) in [7, 11) is 3.08. The molecule has 0 fully saturated rings. The molecular weight excluding hydrogens is 318 g/mol. The number of para-hydroxylation sites is 2. The maximum Gasteiger partial charge on any atom is 0.292 e. The van der Waals surface area contributed by atoms with Gasteiger partial charge >= 0.3 is 0 Å². The van der Waals surface area contributed by atoms with Crippen molar-refractivity contribution in [2.45, 2.75) is 0 Å². The third-order valence-electron chi connectivity index (χ3n) is 3.01. The predicted molar refractivity (Wildman–Crippen MR) is 92.5 cm³/mol. The summed E-state index contributed by atoms with van der Waals surface area (Å²) < 4.78 is 10.4. The molecule has 0 amide bonds. The minimum atomic E-state index is -0.473. The average molecular weight is 333 g/mol. The maximum atomic E-state index is 11.0. The molecule has 23 heavy (non-hydrogen) atoms. The van der Waals surface area contributed by atoms with Gasteiger partial charge in [0.05, 0.1) is 24.8 Å². The number of methoxy groups -OCH3 is 2. The number of thiocarbonyl (C=S) groups is 1. The first-order chi connectivity index (χ1) is 11.0. The summed E-state index contributed by atoms with van der Waals surface area (Å²) in [6.45, 7) is 0. The number of hydrogen-bond acceptors (Lipinski definition) is 5. The van der Waals surface area contributed by atoms with Gasteiger partial charge in [-0.05, 0) is 30.4 Å². The molecule has 0 atom stereocenters. The molecule has 2 aromatic rings. The van der Waals surface area contributed by atoms with E-state index in [0.717, 1.165) is 0 Å². The fraction of sp³-hybridized carbons (Fsp3) is 0.133. The van der Waals surface area contributed by atoms with Crippen molar-refractivity contribution < 1.29 is 14.4 Å². The Hall–Kier alpha value is -2.87. The van der Waals surface area contributed by atoms with E-state index in [4.69, 9.17) is 21.7 Å². The molecule has 0 saturated carbocycles. The zero-order chi connectivity index (χ0) is 16.8. The Kier molecular flexibility index (Phi) is 5.32.